The molecule has 2 aromatic rings. The Morgan fingerprint density at radius 1 is 1.06 bits per heavy atom. The lowest BCUT2D eigenvalue weighted by Crippen LogP contribution is -2.38. The number of ether oxygens (including phenoxy) is 4. The van der Waals surface area contributed by atoms with Crippen molar-refractivity contribution >= 4 is 29.9 Å². The SMILES string of the molecule is CCOCCCNC(=NCc1ccc(OC)cc1)NCc1cccc2c1OCCCO2.I. The second-order valence-electron chi connectivity index (χ2n) is 7.14. The smallest absolute Gasteiger partial charge is 0.191 e. The minimum absolute atomic E-state index is 0. The van der Waals surface area contributed by atoms with Crippen LogP contribution in [0.1, 0.15) is 30.9 Å². The zero-order valence-electron chi connectivity index (χ0n) is 18.9. The summed E-state index contributed by atoms with van der Waals surface area (Å²) < 4.78 is 22.4. The van der Waals surface area contributed by atoms with Crippen molar-refractivity contribution in [1.82, 2.24) is 10.6 Å². The van der Waals surface area contributed by atoms with E-state index in [1.807, 2.05) is 43.3 Å². The fourth-order valence-electron chi connectivity index (χ4n) is 3.17. The number of benzene rings is 2. The van der Waals surface area contributed by atoms with Crippen LogP contribution in [-0.4, -0.2) is 46.0 Å². The number of para-hydroxylation sites is 1. The third-order valence-electron chi connectivity index (χ3n) is 4.84. The van der Waals surface area contributed by atoms with Crippen molar-refractivity contribution in [3.8, 4) is 17.2 Å². The zero-order valence-corrected chi connectivity index (χ0v) is 21.2. The molecule has 0 radical (unpaired) electrons. The predicted molar refractivity (Wildman–Crippen MR) is 138 cm³/mol. The number of hydrogen-bond acceptors (Lipinski definition) is 5. The van der Waals surface area contributed by atoms with Gasteiger partial charge in [-0.2, -0.15) is 0 Å². The maximum Gasteiger partial charge on any atom is 0.191 e. The Hall–Kier alpha value is -2.20. The fraction of sp³-hybridized carbons (Fsp3) is 0.458. The minimum Gasteiger partial charge on any atom is -0.497 e. The molecule has 0 fully saturated rings. The summed E-state index contributed by atoms with van der Waals surface area (Å²) >= 11 is 0. The van der Waals surface area contributed by atoms with E-state index in [0.717, 1.165) is 66.9 Å². The Kier molecular flexibility index (Phi) is 12.0. The van der Waals surface area contributed by atoms with Crippen LogP contribution in [0.15, 0.2) is 47.5 Å². The van der Waals surface area contributed by atoms with E-state index in [-0.39, 0.29) is 24.0 Å². The number of aliphatic imine (C=N–C) groups is 1. The first-order valence-corrected chi connectivity index (χ1v) is 10.9. The third-order valence-corrected chi connectivity index (χ3v) is 4.84. The van der Waals surface area contributed by atoms with E-state index in [0.29, 0.717) is 26.3 Å². The molecule has 1 aliphatic rings. The molecule has 1 aliphatic heterocycles. The van der Waals surface area contributed by atoms with Crippen LogP contribution in [0.5, 0.6) is 17.2 Å². The number of guanidine groups is 1. The molecule has 0 aliphatic carbocycles. The van der Waals surface area contributed by atoms with Crippen molar-refractivity contribution in [2.75, 3.05) is 40.1 Å². The molecule has 0 unspecified atom stereocenters. The minimum atomic E-state index is 0. The number of rotatable bonds is 10. The predicted octanol–water partition coefficient (Wildman–Crippen LogP) is 4.14. The second kappa shape index (κ2) is 14.8. The van der Waals surface area contributed by atoms with E-state index in [2.05, 4.69) is 16.7 Å². The van der Waals surface area contributed by atoms with Crippen molar-refractivity contribution in [3.05, 3.63) is 53.6 Å². The molecule has 0 amide bonds. The van der Waals surface area contributed by atoms with Crippen molar-refractivity contribution in [1.29, 1.82) is 0 Å². The van der Waals surface area contributed by atoms with Crippen molar-refractivity contribution in [3.63, 3.8) is 0 Å². The van der Waals surface area contributed by atoms with Gasteiger partial charge in [-0.1, -0.05) is 24.3 Å². The second-order valence-corrected chi connectivity index (χ2v) is 7.14. The van der Waals surface area contributed by atoms with E-state index in [4.69, 9.17) is 23.9 Å². The molecule has 8 heteroatoms. The fourth-order valence-corrected chi connectivity index (χ4v) is 3.17. The van der Waals surface area contributed by atoms with E-state index in [1.165, 1.54) is 0 Å². The molecule has 1 heterocycles. The summed E-state index contributed by atoms with van der Waals surface area (Å²) in [7, 11) is 1.67. The van der Waals surface area contributed by atoms with Gasteiger partial charge in [0.05, 0.1) is 26.9 Å². The van der Waals surface area contributed by atoms with E-state index in [1.54, 1.807) is 7.11 Å². The van der Waals surface area contributed by atoms with Gasteiger partial charge in [0, 0.05) is 38.3 Å². The number of fused-ring (bicyclic) bond motifs is 1. The molecule has 0 aromatic heterocycles. The van der Waals surface area contributed by atoms with Crippen molar-refractivity contribution in [2.24, 2.45) is 4.99 Å². The molecule has 7 nitrogen and oxygen atoms in total. The molecule has 176 valence electrons. The van der Waals surface area contributed by atoms with Gasteiger partial charge < -0.3 is 29.6 Å². The molecule has 2 N–H and O–H groups in total. The summed E-state index contributed by atoms with van der Waals surface area (Å²) in [6.07, 6.45) is 1.80. The first-order chi connectivity index (χ1) is 15.3. The quantitative estimate of drug-likeness (QED) is 0.199. The normalized spacial score (nSPS) is 13.0. The molecule has 32 heavy (non-hydrogen) atoms. The summed E-state index contributed by atoms with van der Waals surface area (Å²) in [6.45, 7) is 6.75. The number of hydrogen-bond donors (Lipinski definition) is 2. The highest BCUT2D eigenvalue weighted by molar-refractivity contribution is 14.0. The summed E-state index contributed by atoms with van der Waals surface area (Å²) in [5.41, 5.74) is 2.16. The molecular weight excluding hydrogens is 521 g/mol. The summed E-state index contributed by atoms with van der Waals surface area (Å²) in [5.74, 6) is 3.21. The highest BCUT2D eigenvalue weighted by Crippen LogP contribution is 2.33. The maximum atomic E-state index is 5.93. The van der Waals surface area contributed by atoms with E-state index in [9.17, 15) is 0 Å². The summed E-state index contributed by atoms with van der Waals surface area (Å²) in [4.78, 5) is 4.75. The molecule has 2 aromatic carbocycles. The first kappa shape index (κ1) is 26.1. The van der Waals surface area contributed by atoms with Gasteiger partial charge in [-0.3, -0.25) is 0 Å². The van der Waals surface area contributed by atoms with Gasteiger partial charge >= 0.3 is 0 Å². The Labute approximate surface area is 207 Å². The highest BCUT2D eigenvalue weighted by atomic mass is 127. The number of nitrogens with zero attached hydrogens (tertiary/aromatic N) is 1. The van der Waals surface area contributed by atoms with E-state index < -0.39 is 0 Å². The van der Waals surface area contributed by atoms with Crippen LogP contribution in [0.4, 0.5) is 0 Å². The van der Waals surface area contributed by atoms with Crippen LogP contribution in [0.2, 0.25) is 0 Å². The average molecular weight is 555 g/mol. The van der Waals surface area contributed by atoms with Gasteiger partial charge in [0.2, 0.25) is 0 Å². The van der Waals surface area contributed by atoms with E-state index >= 15 is 0 Å². The summed E-state index contributed by atoms with van der Waals surface area (Å²) in [5, 5.41) is 6.82. The number of halogens is 1. The molecule has 0 atom stereocenters. The Morgan fingerprint density at radius 3 is 2.66 bits per heavy atom. The van der Waals surface area contributed by atoms with Crippen LogP contribution in [-0.2, 0) is 17.8 Å². The van der Waals surface area contributed by atoms with Crippen LogP contribution >= 0.6 is 24.0 Å². The van der Waals surface area contributed by atoms with Crippen molar-refractivity contribution < 1.29 is 18.9 Å². The van der Waals surface area contributed by atoms with Gasteiger partial charge in [-0.05, 0) is 37.1 Å². The molecule has 0 bridgehead atoms. The molecule has 0 saturated carbocycles. The van der Waals surface area contributed by atoms with Gasteiger partial charge in [-0.25, -0.2) is 4.99 Å². The first-order valence-electron chi connectivity index (χ1n) is 10.9. The highest BCUT2D eigenvalue weighted by Gasteiger charge is 2.14. The number of methoxy groups -OCH3 is 1. The summed E-state index contributed by atoms with van der Waals surface area (Å²) in [6, 6.07) is 13.9. The van der Waals surface area contributed by atoms with Gasteiger partial charge in [0.15, 0.2) is 17.5 Å². The molecule has 0 spiro atoms. The van der Waals surface area contributed by atoms with Crippen molar-refractivity contribution in [2.45, 2.75) is 32.9 Å². The lowest BCUT2D eigenvalue weighted by atomic mass is 10.2. The standard InChI is InChI=1S/C24H33N3O4.HI/c1-3-29-14-5-13-25-24(26-17-19-9-11-21(28-2)12-10-19)27-18-20-7-4-8-22-23(20)31-16-6-15-30-22;/h4,7-12H,3,5-6,13-18H2,1-2H3,(H2,25,26,27);1H. The van der Waals surface area contributed by atoms with Gasteiger partial charge in [0.1, 0.15) is 5.75 Å². The average Bonchev–Trinajstić information content (AvgIpc) is 3.06. The van der Waals surface area contributed by atoms with Gasteiger partial charge in [0.25, 0.3) is 0 Å². The Morgan fingerprint density at radius 2 is 1.88 bits per heavy atom. The maximum absolute atomic E-state index is 5.93. The van der Waals surface area contributed by atoms with Crippen LogP contribution in [0, 0.1) is 0 Å². The van der Waals surface area contributed by atoms with Gasteiger partial charge in [-0.15, -0.1) is 24.0 Å². The largest absolute Gasteiger partial charge is 0.497 e. The monoisotopic (exact) mass is 555 g/mol. The zero-order chi connectivity index (χ0) is 21.7. The lowest BCUT2D eigenvalue weighted by Gasteiger charge is -2.16. The molecule has 3 rings (SSSR count). The molecular formula is C24H34IN3O4. The van der Waals surface area contributed by atoms with Crippen LogP contribution in [0.3, 0.4) is 0 Å². The van der Waals surface area contributed by atoms with Crippen LogP contribution < -0.4 is 24.8 Å². The number of nitrogens with one attached hydrogen (secondary N) is 2. The van der Waals surface area contributed by atoms with Crippen LogP contribution in [0.25, 0.3) is 0 Å². The topological polar surface area (TPSA) is 73.3 Å². The lowest BCUT2D eigenvalue weighted by molar-refractivity contribution is 0.145. The Balaban J connectivity index is 0.00000363. The third kappa shape index (κ3) is 8.38. The Bertz CT molecular complexity index is 830. The molecule has 0 saturated heterocycles.